The van der Waals surface area contributed by atoms with Crippen LogP contribution >= 0.6 is 15.9 Å². The summed E-state index contributed by atoms with van der Waals surface area (Å²) in [6.07, 6.45) is 1.59. The highest BCUT2D eigenvalue weighted by molar-refractivity contribution is 9.10. The second-order valence-corrected chi connectivity index (χ2v) is 4.21. The summed E-state index contributed by atoms with van der Waals surface area (Å²) in [5.74, 6) is 0.187. The molecule has 0 saturated carbocycles. The lowest BCUT2D eigenvalue weighted by atomic mass is 10.2. The van der Waals surface area contributed by atoms with Crippen molar-refractivity contribution in [3.8, 4) is 0 Å². The summed E-state index contributed by atoms with van der Waals surface area (Å²) in [6.45, 7) is 0.805. The predicted molar refractivity (Wildman–Crippen MR) is 60.1 cm³/mol. The van der Waals surface area contributed by atoms with Gasteiger partial charge in [-0.3, -0.25) is 4.79 Å². The van der Waals surface area contributed by atoms with Crippen molar-refractivity contribution in [3.05, 3.63) is 22.7 Å². The van der Waals surface area contributed by atoms with Crippen molar-refractivity contribution in [2.24, 2.45) is 0 Å². The Hall–Kier alpha value is -1.03. The minimum Gasteiger partial charge on any atom is -0.398 e. The van der Waals surface area contributed by atoms with Crippen molar-refractivity contribution in [1.82, 2.24) is 0 Å². The second-order valence-electron chi connectivity index (χ2n) is 3.35. The maximum Gasteiger partial charge on any atom is 0.227 e. The fourth-order valence-electron chi connectivity index (χ4n) is 1.62. The third kappa shape index (κ3) is 1.62. The minimum atomic E-state index is 0.187. The van der Waals surface area contributed by atoms with Crippen LogP contribution in [-0.2, 0) is 4.79 Å². The average molecular weight is 255 g/mol. The highest BCUT2D eigenvalue weighted by Gasteiger charge is 2.21. The van der Waals surface area contributed by atoms with Crippen LogP contribution in [0.25, 0.3) is 0 Å². The van der Waals surface area contributed by atoms with Gasteiger partial charge < -0.3 is 10.6 Å². The summed E-state index contributed by atoms with van der Waals surface area (Å²) < 4.78 is 0.868. The molecule has 2 rings (SSSR count). The van der Waals surface area contributed by atoms with Gasteiger partial charge in [-0.15, -0.1) is 0 Å². The van der Waals surface area contributed by atoms with Crippen LogP contribution in [0.2, 0.25) is 0 Å². The molecule has 4 heteroatoms. The molecular formula is C10H11BrN2O. The first kappa shape index (κ1) is 9.52. The van der Waals surface area contributed by atoms with E-state index in [1.165, 1.54) is 0 Å². The molecule has 1 fully saturated rings. The molecule has 1 saturated heterocycles. The molecule has 0 unspecified atom stereocenters. The molecule has 1 heterocycles. The first-order valence-corrected chi connectivity index (χ1v) is 5.33. The molecule has 2 N–H and O–H groups in total. The Morgan fingerprint density at radius 1 is 1.43 bits per heavy atom. The van der Waals surface area contributed by atoms with E-state index in [2.05, 4.69) is 15.9 Å². The van der Waals surface area contributed by atoms with E-state index in [1.54, 1.807) is 4.90 Å². The van der Waals surface area contributed by atoms with E-state index in [0.717, 1.165) is 23.1 Å². The average Bonchev–Trinajstić information content (AvgIpc) is 2.57. The summed E-state index contributed by atoms with van der Waals surface area (Å²) in [7, 11) is 0. The number of benzene rings is 1. The standard InChI is InChI=1S/C10H11BrN2O/c11-8-4-3-7(6-9(8)12)13-5-1-2-10(13)14/h3-4,6H,1-2,5,12H2. The molecule has 0 aliphatic carbocycles. The number of nitrogens with two attached hydrogens (primary N) is 1. The van der Waals surface area contributed by atoms with Crippen LogP contribution in [0.5, 0.6) is 0 Å². The summed E-state index contributed by atoms with van der Waals surface area (Å²) in [5.41, 5.74) is 7.31. The third-order valence-electron chi connectivity index (χ3n) is 2.36. The molecule has 0 spiro atoms. The SMILES string of the molecule is Nc1cc(N2CCCC2=O)ccc1Br. The highest BCUT2D eigenvalue weighted by Crippen LogP contribution is 2.27. The van der Waals surface area contributed by atoms with Crippen LogP contribution in [0.4, 0.5) is 11.4 Å². The molecule has 1 aliphatic rings. The lowest BCUT2D eigenvalue weighted by Gasteiger charge is -2.16. The Bertz CT molecular complexity index is 378. The van der Waals surface area contributed by atoms with Crippen LogP contribution in [0, 0.1) is 0 Å². The van der Waals surface area contributed by atoms with Gasteiger partial charge in [0.2, 0.25) is 5.91 Å². The van der Waals surface area contributed by atoms with Gasteiger partial charge >= 0.3 is 0 Å². The molecule has 1 aromatic rings. The topological polar surface area (TPSA) is 46.3 Å². The van der Waals surface area contributed by atoms with Gasteiger partial charge in [0.25, 0.3) is 0 Å². The number of nitrogens with zero attached hydrogens (tertiary/aromatic N) is 1. The van der Waals surface area contributed by atoms with Gasteiger partial charge in [-0.1, -0.05) is 0 Å². The number of carbonyl (C=O) groups is 1. The van der Waals surface area contributed by atoms with Crippen molar-refractivity contribution in [3.63, 3.8) is 0 Å². The fraction of sp³-hybridized carbons (Fsp3) is 0.300. The lowest BCUT2D eigenvalue weighted by Crippen LogP contribution is -2.23. The molecule has 1 amide bonds. The largest absolute Gasteiger partial charge is 0.398 e. The van der Waals surface area contributed by atoms with Gasteiger partial charge in [0.1, 0.15) is 0 Å². The van der Waals surface area contributed by atoms with Crippen molar-refractivity contribution in [2.45, 2.75) is 12.8 Å². The third-order valence-corrected chi connectivity index (χ3v) is 3.09. The normalized spacial score (nSPS) is 16.4. The van der Waals surface area contributed by atoms with Gasteiger partial charge in [-0.2, -0.15) is 0 Å². The van der Waals surface area contributed by atoms with E-state index in [4.69, 9.17) is 5.73 Å². The van der Waals surface area contributed by atoms with Gasteiger partial charge in [0.05, 0.1) is 0 Å². The summed E-state index contributed by atoms with van der Waals surface area (Å²) in [6, 6.07) is 5.60. The number of nitrogen functional groups attached to an aromatic ring is 1. The Kier molecular flexibility index (Phi) is 2.46. The number of carbonyl (C=O) groups excluding carboxylic acids is 1. The Morgan fingerprint density at radius 3 is 2.79 bits per heavy atom. The Labute approximate surface area is 91.0 Å². The fourth-order valence-corrected chi connectivity index (χ4v) is 1.87. The molecule has 3 nitrogen and oxygen atoms in total. The van der Waals surface area contributed by atoms with Crippen LogP contribution < -0.4 is 10.6 Å². The van der Waals surface area contributed by atoms with E-state index in [9.17, 15) is 4.79 Å². The Balaban J connectivity index is 2.32. The first-order valence-electron chi connectivity index (χ1n) is 4.54. The van der Waals surface area contributed by atoms with Crippen LogP contribution in [-0.4, -0.2) is 12.5 Å². The number of rotatable bonds is 1. The van der Waals surface area contributed by atoms with E-state index < -0.39 is 0 Å². The van der Waals surface area contributed by atoms with Gasteiger partial charge in [-0.25, -0.2) is 0 Å². The molecule has 74 valence electrons. The molecule has 1 aromatic carbocycles. The molecule has 0 bridgehead atoms. The molecule has 1 aliphatic heterocycles. The number of anilines is 2. The summed E-state index contributed by atoms with van der Waals surface area (Å²) in [5, 5.41) is 0. The summed E-state index contributed by atoms with van der Waals surface area (Å²) in [4.78, 5) is 13.2. The van der Waals surface area contributed by atoms with Gasteiger partial charge in [0.15, 0.2) is 0 Å². The van der Waals surface area contributed by atoms with Crippen LogP contribution in [0.3, 0.4) is 0 Å². The maximum atomic E-state index is 11.4. The highest BCUT2D eigenvalue weighted by atomic mass is 79.9. The zero-order valence-electron chi connectivity index (χ0n) is 7.66. The van der Waals surface area contributed by atoms with Crippen LogP contribution in [0.15, 0.2) is 22.7 Å². The predicted octanol–water partition coefficient (Wildman–Crippen LogP) is 2.16. The van der Waals surface area contributed by atoms with E-state index in [0.29, 0.717) is 12.1 Å². The van der Waals surface area contributed by atoms with Gasteiger partial charge in [-0.05, 0) is 40.5 Å². The van der Waals surface area contributed by atoms with Gasteiger partial charge in [0, 0.05) is 28.8 Å². The number of amides is 1. The maximum absolute atomic E-state index is 11.4. The van der Waals surface area contributed by atoms with E-state index in [1.807, 2.05) is 18.2 Å². The second kappa shape index (κ2) is 3.61. The van der Waals surface area contributed by atoms with Crippen molar-refractivity contribution in [2.75, 3.05) is 17.2 Å². The van der Waals surface area contributed by atoms with Crippen molar-refractivity contribution < 1.29 is 4.79 Å². The number of hydrogen-bond acceptors (Lipinski definition) is 2. The molecular weight excluding hydrogens is 244 g/mol. The summed E-state index contributed by atoms with van der Waals surface area (Å²) >= 11 is 3.32. The monoisotopic (exact) mass is 254 g/mol. The van der Waals surface area contributed by atoms with Crippen molar-refractivity contribution >= 4 is 33.2 Å². The van der Waals surface area contributed by atoms with Crippen molar-refractivity contribution in [1.29, 1.82) is 0 Å². The smallest absolute Gasteiger partial charge is 0.227 e. The molecule has 0 radical (unpaired) electrons. The van der Waals surface area contributed by atoms with E-state index >= 15 is 0 Å². The molecule has 0 aromatic heterocycles. The lowest BCUT2D eigenvalue weighted by molar-refractivity contribution is -0.117. The molecule has 14 heavy (non-hydrogen) atoms. The Morgan fingerprint density at radius 2 is 2.21 bits per heavy atom. The first-order chi connectivity index (χ1) is 6.68. The minimum absolute atomic E-state index is 0.187. The quantitative estimate of drug-likeness (QED) is 0.781. The number of hydrogen-bond donors (Lipinski definition) is 1. The zero-order valence-corrected chi connectivity index (χ0v) is 9.25. The molecule has 0 atom stereocenters. The number of halogens is 1. The van der Waals surface area contributed by atoms with Crippen LogP contribution in [0.1, 0.15) is 12.8 Å². The zero-order chi connectivity index (χ0) is 10.1. The van der Waals surface area contributed by atoms with E-state index in [-0.39, 0.29) is 5.91 Å².